The first-order chi connectivity index (χ1) is 12.1. The van der Waals surface area contributed by atoms with Crippen LogP contribution in [0.2, 0.25) is 0 Å². The molecule has 0 aliphatic carbocycles. The molecule has 0 aliphatic rings. The number of aryl methyl sites for hydroxylation is 1. The summed E-state index contributed by atoms with van der Waals surface area (Å²) in [7, 11) is -2.11. The van der Waals surface area contributed by atoms with E-state index in [4.69, 9.17) is 4.74 Å². The predicted molar refractivity (Wildman–Crippen MR) is 103 cm³/mol. The Bertz CT molecular complexity index is 878. The summed E-state index contributed by atoms with van der Waals surface area (Å²) >= 11 is 0. The second-order valence-corrected chi connectivity index (χ2v) is 8.33. The summed E-state index contributed by atoms with van der Waals surface area (Å²) in [6.45, 7) is 4.90. The summed E-state index contributed by atoms with van der Waals surface area (Å²) in [5, 5.41) is 2.77. The fourth-order valence-corrected chi connectivity index (χ4v) is 4.02. The van der Waals surface area contributed by atoms with Crippen LogP contribution in [0.25, 0.3) is 0 Å². The molecule has 1 amide bonds. The highest BCUT2D eigenvalue weighted by Gasteiger charge is 2.32. The number of methoxy groups -OCH3 is 1. The molecule has 2 N–H and O–H groups in total. The van der Waals surface area contributed by atoms with Crippen molar-refractivity contribution in [1.82, 2.24) is 4.72 Å². The van der Waals surface area contributed by atoms with Gasteiger partial charge in [-0.05, 0) is 50.1 Å². The average Bonchev–Trinajstić information content (AvgIpc) is 2.56. The van der Waals surface area contributed by atoms with Crippen LogP contribution in [0.5, 0.6) is 5.75 Å². The van der Waals surface area contributed by atoms with Gasteiger partial charge in [-0.2, -0.15) is 4.72 Å². The fourth-order valence-electron chi connectivity index (χ4n) is 2.45. The minimum absolute atomic E-state index is 0.188. The zero-order chi connectivity index (χ0) is 19.4. The van der Waals surface area contributed by atoms with Crippen LogP contribution in [0, 0.1) is 6.92 Å². The Hall–Kier alpha value is -2.38. The molecule has 0 spiro atoms. The van der Waals surface area contributed by atoms with Crippen molar-refractivity contribution < 1.29 is 17.9 Å². The summed E-state index contributed by atoms with van der Waals surface area (Å²) in [4.78, 5) is 12.6. The molecule has 0 radical (unpaired) electrons. The van der Waals surface area contributed by atoms with Crippen molar-refractivity contribution in [2.75, 3.05) is 12.4 Å². The van der Waals surface area contributed by atoms with Crippen LogP contribution in [0.1, 0.15) is 25.0 Å². The van der Waals surface area contributed by atoms with Crippen LogP contribution in [0.15, 0.2) is 48.5 Å². The molecule has 6 nitrogen and oxygen atoms in total. The van der Waals surface area contributed by atoms with E-state index in [-0.39, 0.29) is 5.75 Å². The van der Waals surface area contributed by atoms with Crippen LogP contribution >= 0.6 is 0 Å². The summed E-state index contributed by atoms with van der Waals surface area (Å²) < 4.78 is 32.4. The molecule has 0 heterocycles. The zero-order valence-electron chi connectivity index (χ0n) is 15.4. The smallest absolute Gasteiger partial charge is 0.245 e. The lowest BCUT2D eigenvalue weighted by Gasteiger charge is -2.25. The number of benzene rings is 2. The number of rotatable bonds is 7. The largest absolute Gasteiger partial charge is 0.497 e. The standard InChI is InChI=1S/C19H24N2O4S/c1-14-12-16(25-4)10-11-17(14)20-18(22)19(2,3)21-26(23,24)13-15-8-6-5-7-9-15/h5-12,21H,13H2,1-4H3,(H,20,22). The van der Waals surface area contributed by atoms with Gasteiger partial charge in [0.25, 0.3) is 0 Å². The highest BCUT2D eigenvalue weighted by atomic mass is 32.2. The third-order valence-electron chi connectivity index (χ3n) is 3.86. The van der Waals surface area contributed by atoms with E-state index >= 15 is 0 Å². The molecule has 2 aromatic rings. The molecule has 7 heteroatoms. The van der Waals surface area contributed by atoms with Gasteiger partial charge in [0.2, 0.25) is 15.9 Å². The molecule has 0 aliphatic heterocycles. The molecule has 26 heavy (non-hydrogen) atoms. The van der Waals surface area contributed by atoms with E-state index in [0.717, 1.165) is 5.56 Å². The van der Waals surface area contributed by atoms with E-state index in [2.05, 4.69) is 10.0 Å². The van der Waals surface area contributed by atoms with Gasteiger partial charge < -0.3 is 10.1 Å². The lowest BCUT2D eigenvalue weighted by Crippen LogP contribution is -2.52. The molecule has 0 saturated carbocycles. The molecule has 140 valence electrons. The monoisotopic (exact) mass is 376 g/mol. The van der Waals surface area contributed by atoms with Crippen LogP contribution < -0.4 is 14.8 Å². The number of carbonyl (C=O) groups excluding carboxylic acids is 1. The Labute approximate surface area is 154 Å². The van der Waals surface area contributed by atoms with Gasteiger partial charge in [0.15, 0.2) is 0 Å². The molecular weight excluding hydrogens is 352 g/mol. The average molecular weight is 376 g/mol. The van der Waals surface area contributed by atoms with Gasteiger partial charge in [0, 0.05) is 5.69 Å². The number of amides is 1. The Balaban J connectivity index is 2.09. The van der Waals surface area contributed by atoms with Crippen LogP contribution in [-0.2, 0) is 20.6 Å². The van der Waals surface area contributed by atoms with Crippen molar-refractivity contribution in [1.29, 1.82) is 0 Å². The number of ether oxygens (including phenoxy) is 1. The Morgan fingerprint density at radius 3 is 2.35 bits per heavy atom. The zero-order valence-corrected chi connectivity index (χ0v) is 16.2. The third kappa shape index (κ3) is 5.31. The van der Waals surface area contributed by atoms with E-state index in [1.54, 1.807) is 49.6 Å². The number of anilines is 1. The fraction of sp³-hybridized carbons (Fsp3) is 0.316. The van der Waals surface area contributed by atoms with Crippen molar-refractivity contribution in [3.63, 3.8) is 0 Å². The maximum atomic E-state index is 12.6. The quantitative estimate of drug-likeness (QED) is 0.778. The SMILES string of the molecule is COc1ccc(NC(=O)C(C)(C)NS(=O)(=O)Cc2ccccc2)c(C)c1. The highest BCUT2D eigenvalue weighted by Crippen LogP contribution is 2.22. The molecule has 2 aromatic carbocycles. The lowest BCUT2D eigenvalue weighted by molar-refractivity contribution is -0.120. The van der Waals surface area contributed by atoms with Crippen LogP contribution in [0.4, 0.5) is 5.69 Å². The van der Waals surface area contributed by atoms with Gasteiger partial charge in [0.1, 0.15) is 11.3 Å². The van der Waals surface area contributed by atoms with E-state index in [0.29, 0.717) is 17.0 Å². The third-order valence-corrected chi connectivity index (χ3v) is 5.39. The van der Waals surface area contributed by atoms with Crippen LogP contribution in [0.3, 0.4) is 0 Å². The minimum atomic E-state index is -3.68. The Morgan fingerprint density at radius 1 is 1.12 bits per heavy atom. The van der Waals surface area contributed by atoms with Gasteiger partial charge in [-0.15, -0.1) is 0 Å². The molecule has 0 unspecified atom stereocenters. The Kier molecular flexibility index (Phi) is 6.05. The second-order valence-electron chi connectivity index (χ2n) is 6.61. The van der Waals surface area contributed by atoms with Crippen molar-refractivity contribution in [2.45, 2.75) is 32.1 Å². The predicted octanol–water partition coefficient (Wildman–Crippen LogP) is 2.84. The summed E-state index contributed by atoms with van der Waals surface area (Å²) in [5.74, 6) is 0.0530. The first-order valence-corrected chi connectivity index (χ1v) is 9.80. The van der Waals surface area contributed by atoms with Crippen molar-refractivity contribution in [3.05, 3.63) is 59.7 Å². The molecule has 0 bridgehead atoms. The van der Waals surface area contributed by atoms with Crippen molar-refractivity contribution in [3.8, 4) is 5.75 Å². The number of hydrogen-bond acceptors (Lipinski definition) is 4. The first kappa shape index (κ1) is 19.9. The number of nitrogens with one attached hydrogen (secondary N) is 2. The highest BCUT2D eigenvalue weighted by molar-refractivity contribution is 7.88. The normalized spacial score (nSPS) is 11.8. The number of sulfonamides is 1. The van der Waals surface area contributed by atoms with E-state index in [1.165, 1.54) is 13.8 Å². The van der Waals surface area contributed by atoms with Gasteiger partial charge in [-0.3, -0.25) is 4.79 Å². The molecule has 0 saturated heterocycles. The molecule has 0 fully saturated rings. The van der Waals surface area contributed by atoms with Gasteiger partial charge in [0.05, 0.1) is 12.9 Å². The van der Waals surface area contributed by atoms with Crippen molar-refractivity contribution >= 4 is 21.6 Å². The molecule has 0 aromatic heterocycles. The van der Waals surface area contributed by atoms with Gasteiger partial charge in [-0.25, -0.2) is 8.42 Å². The van der Waals surface area contributed by atoms with Gasteiger partial charge >= 0.3 is 0 Å². The summed E-state index contributed by atoms with van der Waals surface area (Å²) in [6, 6.07) is 14.1. The van der Waals surface area contributed by atoms with E-state index in [1.807, 2.05) is 13.0 Å². The maximum absolute atomic E-state index is 12.6. The van der Waals surface area contributed by atoms with E-state index < -0.39 is 21.5 Å². The molecular formula is C19H24N2O4S. The molecule has 2 rings (SSSR count). The van der Waals surface area contributed by atoms with Crippen LogP contribution in [-0.4, -0.2) is 27.0 Å². The first-order valence-electron chi connectivity index (χ1n) is 8.14. The van der Waals surface area contributed by atoms with Gasteiger partial charge in [-0.1, -0.05) is 30.3 Å². The summed E-state index contributed by atoms with van der Waals surface area (Å²) in [6.07, 6.45) is 0. The Morgan fingerprint density at radius 2 is 1.77 bits per heavy atom. The lowest BCUT2D eigenvalue weighted by atomic mass is 10.1. The topological polar surface area (TPSA) is 84.5 Å². The summed E-state index contributed by atoms with van der Waals surface area (Å²) in [5.41, 5.74) is 0.772. The maximum Gasteiger partial charge on any atom is 0.245 e. The number of carbonyl (C=O) groups is 1. The van der Waals surface area contributed by atoms with E-state index in [9.17, 15) is 13.2 Å². The van der Waals surface area contributed by atoms with Crippen molar-refractivity contribution in [2.24, 2.45) is 0 Å². The second kappa shape index (κ2) is 7.88. The number of hydrogen-bond donors (Lipinski definition) is 2. The minimum Gasteiger partial charge on any atom is -0.497 e. The molecule has 0 atom stereocenters.